The Kier molecular flexibility index (Phi) is 7.90. The number of nitrogens with one attached hydrogen (secondary N) is 2. The van der Waals surface area contributed by atoms with Crippen molar-refractivity contribution in [2.75, 3.05) is 6.61 Å². The second kappa shape index (κ2) is 11.3. The third-order valence-corrected chi connectivity index (χ3v) is 5.63. The van der Waals surface area contributed by atoms with E-state index in [1.165, 1.54) is 0 Å². The van der Waals surface area contributed by atoms with E-state index in [-0.39, 0.29) is 12.6 Å². The molecule has 0 spiro atoms. The molecule has 4 rings (SSSR count). The van der Waals surface area contributed by atoms with Gasteiger partial charge in [-0.25, -0.2) is 9.78 Å². The van der Waals surface area contributed by atoms with Crippen molar-refractivity contribution >= 4 is 40.7 Å². The van der Waals surface area contributed by atoms with E-state index >= 15 is 0 Å². The fourth-order valence-electron chi connectivity index (χ4n) is 3.69. The van der Waals surface area contributed by atoms with Gasteiger partial charge in [0.25, 0.3) is 0 Å². The summed E-state index contributed by atoms with van der Waals surface area (Å²) in [6.45, 7) is 5.71. The molecule has 0 fully saturated rings. The summed E-state index contributed by atoms with van der Waals surface area (Å²) in [5.74, 6) is 0.545. The van der Waals surface area contributed by atoms with Crippen molar-refractivity contribution in [3.8, 4) is 5.75 Å². The SMILES string of the molecule is CC(C)(C)OC(=O)N[C@H](COc1cnc(Cl)c(C=Cc2ccncc2)c1)Cc1c[nH]c2ccccc12. The lowest BCUT2D eigenvalue weighted by Crippen LogP contribution is -2.43. The zero-order chi connectivity index (χ0) is 25.5. The first-order chi connectivity index (χ1) is 17.3. The Bertz CT molecular complexity index is 1350. The number of hydrogen-bond acceptors (Lipinski definition) is 5. The average molecular weight is 505 g/mol. The molecule has 1 amide bonds. The number of ether oxygens (including phenoxy) is 2. The summed E-state index contributed by atoms with van der Waals surface area (Å²) in [4.78, 5) is 24.1. The summed E-state index contributed by atoms with van der Waals surface area (Å²) >= 11 is 6.30. The van der Waals surface area contributed by atoms with E-state index in [4.69, 9.17) is 21.1 Å². The number of rotatable bonds is 8. The van der Waals surface area contributed by atoms with Gasteiger partial charge in [-0.05, 0) is 62.6 Å². The predicted octanol–water partition coefficient (Wildman–Crippen LogP) is 6.30. The molecule has 8 heteroatoms. The van der Waals surface area contributed by atoms with Crippen molar-refractivity contribution in [3.05, 3.63) is 89.1 Å². The molecule has 1 aromatic carbocycles. The second-order valence-corrected chi connectivity index (χ2v) is 9.74. The molecule has 0 aliphatic carbocycles. The van der Waals surface area contributed by atoms with Gasteiger partial charge in [0.05, 0.1) is 12.2 Å². The number of nitrogens with zero attached hydrogens (tertiary/aromatic N) is 2. The quantitative estimate of drug-likeness (QED) is 0.275. The Morgan fingerprint density at radius 1 is 1.17 bits per heavy atom. The number of aromatic nitrogens is 3. The topological polar surface area (TPSA) is 89.1 Å². The largest absolute Gasteiger partial charge is 0.490 e. The Hall–Kier alpha value is -3.84. The smallest absolute Gasteiger partial charge is 0.408 e. The molecule has 0 bridgehead atoms. The minimum Gasteiger partial charge on any atom is -0.490 e. The lowest BCUT2D eigenvalue weighted by atomic mass is 10.1. The van der Waals surface area contributed by atoms with Crippen molar-refractivity contribution in [1.82, 2.24) is 20.3 Å². The van der Waals surface area contributed by atoms with Gasteiger partial charge in [0.15, 0.2) is 0 Å². The average Bonchev–Trinajstić information content (AvgIpc) is 3.25. The number of carbonyl (C=O) groups excluding carboxylic acids is 1. The monoisotopic (exact) mass is 504 g/mol. The number of para-hydroxylation sites is 1. The molecule has 0 aliphatic rings. The molecule has 0 radical (unpaired) electrons. The number of hydrogen-bond donors (Lipinski definition) is 2. The molecule has 3 heterocycles. The second-order valence-electron chi connectivity index (χ2n) is 9.38. The Labute approximate surface area is 215 Å². The van der Waals surface area contributed by atoms with Gasteiger partial charge in [-0.2, -0.15) is 0 Å². The van der Waals surface area contributed by atoms with Crippen LogP contribution in [0.4, 0.5) is 4.79 Å². The highest BCUT2D eigenvalue weighted by atomic mass is 35.5. The standard InChI is InChI=1S/C28H29ClN4O3/c1-28(2,3)36-27(34)33-22(14-21-16-31-25-7-5-4-6-24(21)25)18-35-23-15-20(26(29)32-17-23)9-8-19-10-12-30-13-11-19/h4-13,15-17,22,31H,14,18H2,1-3H3,(H,33,34)/t22-/m0/s1. The van der Waals surface area contributed by atoms with Crippen molar-refractivity contribution in [1.29, 1.82) is 0 Å². The maximum atomic E-state index is 12.6. The highest BCUT2D eigenvalue weighted by Crippen LogP contribution is 2.23. The number of amides is 1. The molecule has 7 nitrogen and oxygen atoms in total. The lowest BCUT2D eigenvalue weighted by molar-refractivity contribution is 0.0488. The van der Waals surface area contributed by atoms with Gasteiger partial charge in [0.1, 0.15) is 23.1 Å². The predicted molar refractivity (Wildman–Crippen MR) is 143 cm³/mol. The van der Waals surface area contributed by atoms with E-state index in [0.717, 1.165) is 27.6 Å². The molecule has 1 atom stereocenters. The maximum Gasteiger partial charge on any atom is 0.408 e. The van der Waals surface area contributed by atoms with Crippen LogP contribution >= 0.6 is 11.6 Å². The molecule has 4 aromatic rings. The van der Waals surface area contributed by atoms with Crippen molar-refractivity contribution in [3.63, 3.8) is 0 Å². The number of fused-ring (bicyclic) bond motifs is 1. The Balaban J connectivity index is 1.49. The number of benzene rings is 1. The van der Waals surface area contributed by atoms with Crippen LogP contribution in [-0.2, 0) is 11.2 Å². The van der Waals surface area contributed by atoms with Crippen LogP contribution in [0.25, 0.3) is 23.1 Å². The summed E-state index contributed by atoms with van der Waals surface area (Å²) < 4.78 is 11.5. The fraction of sp³-hybridized carbons (Fsp3) is 0.250. The van der Waals surface area contributed by atoms with Crippen LogP contribution in [0.15, 0.2) is 67.3 Å². The Morgan fingerprint density at radius 3 is 2.72 bits per heavy atom. The van der Waals surface area contributed by atoms with Crippen molar-refractivity contribution in [2.24, 2.45) is 0 Å². The summed E-state index contributed by atoms with van der Waals surface area (Å²) in [6.07, 6.45) is 10.8. The highest BCUT2D eigenvalue weighted by Gasteiger charge is 2.21. The van der Waals surface area contributed by atoms with Gasteiger partial charge in [-0.1, -0.05) is 42.0 Å². The van der Waals surface area contributed by atoms with Gasteiger partial charge < -0.3 is 19.8 Å². The normalized spacial score (nSPS) is 12.6. The molecular formula is C28H29ClN4O3. The molecule has 186 valence electrons. The minimum atomic E-state index is -0.605. The van der Waals surface area contributed by atoms with E-state index in [9.17, 15) is 4.79 Å². The molecule has 0 saturated heterocycles. The van der Waals surface area contributed by atoms with Crippen LogP contribution in [-0.4, -0.2) is 39.3 Å². The lowest BCUT2D eigenvalue weighted by Gasteiger charge is -2.24. The molecule has 0 aliphatic heterocycles. The van der Waals surface area contributed by atoms with E-state index in [2.05, 4.69) is 26.3 Å². The third kappa shape index (κ3) is 7.09. The summed E-state index contributed by atoms with van der Waals surface area (Å²) in [7, 11) is 0. The van der Waals surface area contributed by atoms with Crippen LogP contribution in [0.5, 0.6) is 5.75 Å². The van der Waals surface area contributed by atoms with Crippen LogP contribution in [0.2, 0.25) is 5.15 Å². The van der Waals surface area contributed by atoms with Gasteiger partial charge in [0.2, 0.25) is 0 Å². The van der Waals surface area contributed by atoms with Crippen LogP contribution in [0.3, 0.4) is 0 Å². The zero-order valence-corrected chi connectivity index (χ0v) is 21.3. The van der Waals surface area contributed by atoms with Gasteiger partial charge in [-0.15, -0.1) is 0 Å². The molecule has 0 saturated carbocycles. The number of aromatic amines is 1. The molecule has 0 unspecified atom stereocenters. The number of halogens is 1. The molecular weight excluding hydrogens is 476 g/mol. The number of alkyl carbamates (subject to hydrolysis) is 1. The first-order valence-corrected chi connectivity index (χ1v) is 12.1. The highest BCUT2D eigenvalue weighted by molar-refractivity contribution is 6.31. The van der Waals surface area contributed by atoms with E-state index < -0.39 is 11.7 Å². The Morgan fingerprint density at radius 2 is 1.94 bits per heavy atom. The maximum absolute atomic E-state index is 12.6. The number of pyridine rings is 2. The minimum absolute atomic E-state index is 0.218. The number of H-pyrrole nitrogens is 1. The fourth-order valence-corrected chi connectivity index (χ4v) is 3.86. The first kappa shape index (κ1) is 25.3. The van der Waals surface area contributed by atoms with Crippen LogP contribution in [0, 0.1) is 0 Å². The molecule has 3 aromatic heterocycles. The molecule has 2 N–H and O–H groups in total. The van der Waals surface area contributed by atoms with Gasteiger partial charge in [0, 0.05) is 35.1 Å². The van der Waals surface area contributed by atoms with Crippen LogP contribution in [0.1, 0.15) is 37.5 Å². The van der Waals surface area contributed by atoms with Gasteiger partial charge >= 0.3 is 6.09 Å². The van der Waals surface area contributed by atoms with Crippen molar-refractivity contribution < 1.29 is 14.3 Å². The van der Waals surface area contributed by atoms with Crippen LogP contribution < -0.4 is 10.1 Å². The zero-order valence-electron chi connectivity index (χ0n) is 20.5. The molecule has 36 heavy (non-hydrogen) atoms. The van der Waals surface area contributed by atoms with E-state index in [1.807, 2.05) is 75.5 Å². The first-order valence-electron chi connectivity index (χ1n) is 11.7. The summed E-state index contributed by atoms with van der Waals surface area (Å²) in [5, 5.41) is 4.43. The third-order valence-electron chi connectivity index (χ3n) is 5.32. The van der Waals surface area contributed by atoms with Crippen molar-refractivity contribution in [2.45, 2.75) is 38.8 Å². The van der Waals surface area contributed by atoms with E-state index in [0.29, 0.717) is 17.3 Å². The van der Waals surface area contributed by atoms with E-state index in [1.54, 1.807) is 18.6 Å². The van der Waals surface area contributed by atoms with Gasteiger partial charge in [-0.3, -0.25) is 4.98 Å². The summed E-state index contributed by atoms with van der Waals surface area (Å²) in [5.41, 5.74) is 3.22. The number of carbonyl (C=O) groups is 1. The summed E-state index contributed by atoms with van der Waals surface area (Å²) in [6, 6.07) is 13.3.